The van der Waals surface area contributed by atoms with Gasteiger partial charge in [0.2, 0.25) is 0 Å². The van der Waals surface area contributed by atoms with Gasteiger partial charge in [0.15, 0.2) is 0 Å². The quantitative estimate of drug-likeness (QED) is 0.389. The zero-order valence-electron chi connectivity index (χ0n) is 13.7. The van der Waals surface area contributed by atoms with Gasteiger partial charge in [-0.3, -0.25) is 0 Å². The molecule has 0 amide bonds. The van der Waals surface area contributed by atoms with Crippen molar-refractivity contribution in [2.24, 2.45) is 11.5 Å². The lowest BCUT2D eigenvalue weighted by atomic mass is 10.2. The van der Waals surface area contributed by atoms with Crippen molar-refractivity contribution in [2.75, 3.05) is 18.4 Å². The molecule has 1 aromatic rings. The lowest BCUT2D eigenvalue weighted by Crippen LogP contribution is -2.17. The van der Waals surface area contributed by atoms with E-state index >= 15 is 0 Å². The minimum atomic E-state index is 0. The van der Waals surface area contributed by atoms with Gasteiger partial charge in [0, 0.05) is 18.0 Å². The lowest BCUT2D eigenvalue weighted by Gasteiger charge is -2.14. The Kier molecular flexibility index (Phi) is 13.9. The summed E-state index contributed by atoms with van der Waals surface area (Å²) in [5.74, 6) is 0.962. The average molecular weight is 346 g/mol. The van der Waals surface area contributed by atoms with Crippen LogP contribution in [0, 0.1) is 0 Å². The summed E-state index contributed by atoms with van der Waals surface area (Å²) >= 11 is 1.81. The maximum absolute atomic E-state index is 6.10. The van der Waals surface area contributed by atoms with E-state index in [1.165, 1.54) is 36.9 Å². The molecular weight excluding hydrogens is 314 g/mol. The van der Waals surface area contributed by atoms with E-state index in [1.54, 1.807) is 0 Å². The molecule has 0 bridgehead atoms. The summed E-state index contributed by atoms with van der Waals surface area (Å²) in [7, 11) is 0. The van der Waals surface area contributed by atoms with E-state index in [0.717, 1.165) is 31.7 Å². The van der Waals surface area contributed by atoms with Crippen LogP contribution in [-0.4, -0.2) is 18.5 Å². The van der Waals surface area contributed by atoms with Crippen LogP contribution in [0.3, 0.4) is 0 Å². The summed E-state index contributed by atoms with van der Waals surface area (Å²) in [5.41, 5.74) is 14.2. The minimum Gasteiger partial charge on any atom is -0.385 e. The van der Waals surface area contributed by atoms with Gasteiger partial charge in [0.25, 0.3) is 0 Å². The molecule has 5 N–H and O–H groups in total. The highest BCUT2D eigenvalue weighted by atomic mass is 35.5. The van der Waals surface area contributed by atoms with Gasteiger partial charge >= 0.3 is 0 Å². The van der Waals surface area contributed by atoms with Gasteiger partial charge in [-0.1, -0.05) is 44.4 Å². The minimum absolute atomic E-state index is 0. The molecule has 0 radical (unpaired) electrons. The molecule has 0 saturated heterocycles. The van der Waals surface area contributed by atoms with Crippen LogP contribution in [0.4, 0.5) is 5.69 Å². The summed E-state index contributed by atoms with van der Waals surface area (Å²) < 4.78 is 0. The Hall–Kier alpha value is -0.420. The summed E-state index contributed by atoms with van der Waals surface area (Å²) in [5, 5.41) is 3.75. The van der Waals surface area contributed by atoms with Gasteiger partial charge in [0.1, 0.15) is 0 Å². The van der Waals surface area contributed by atoms with Gasteiger partial charge in [0.05, 0.1) is 5.37 Å². The van der Waals surface area contributed by atoms with Crippen molar-refractivity contribution in [1.82, 2.24) is 0 Å². The number of anilines is 1. The molecule has 0 saturated carbocycles. The number of hydrogen-bond acceptors (Lipinski definition) is 4. The van der Waals surface area contributed by atoms with Gasteiger partial charge in [-0.05, 0) is 37.4 Å². The first-order valence-corrected chi connectivity index (χ1v) is 9.21. The van der Waals surface area contributed by atoms with E-state index in [0.29, 0.717) is 0 Å². The Morgan fingerprint density at radius 1 is 1.14 bits per heavy atom. The second kappa shape index (κ2) is 14.2. The van der Waals surface area contributed by atoms with Crippen molar-refractivity contribution < 1.29 is 0 Å². The molecule has 1 rings (SSSR count). The van der Waals surface area contributed by atoms with E-state index in [1.807, 2.05) is 11.8 Å². The second-order valence-electron chi connectivity index (χ2n) is 5.42. The first-order valence-electron chi connectivity index (χ1n) is 8.17. The Morgan fingerprint density at radius 3 is 2.64 bits per heavy atom. The molecule has 1 unspecified atom stereocenters. The molecule has 5 heteroatoms. The smallest absolute Gasteiger partial charge is 0.0510 e. The summed E-state index contributed by atoms with van der Waals surface area (Å²) in [6.45, 7) is 4.03. The van der Waals surface area contributed by atoms with E-state index in [4.69, 9.17) is 11.5 Å². The van der Waals surface area contributed by atoms with Crippen LogP contribution in [0.5, 0.6) is 0 Å². The number of benzene rings is 1. The van der Waals surface area contributed by atoms with E-state index in [-0.39, 0.29) is 17.8 Å². The number of rotatable bonds is 12. The van der Waals surface area contributed by atoms with Gasteiger partial charge in [-0.2, -0.15) is 0 Å². The fourth-order valence-electron chi connectivity index (χ4n) is 2.19. The van der Waals surface area contributed by atoms with Crippen LogP contribution < -0.4 is 16.8 Å². The number of halogens is 1. The van der Waals surface area contributed by atoms with Gasteiger partial charge in [-0.15, -0.1) is 24.2 Å². The van der Waals surface area contributed by atoms with E-state index in [2.05, 4.69) is 36.5 Å². The van der Waals surface area contributed by atoms with Crippen molar-refractivity contribution >= 4 is 29.9 Å². The monoisotopic (exact) mass is 345 g/mol. The van der Waals surface area contributed by atoms with Crippen LogP contribution in [0.1, 0.15) is 51.0 Å². The SMILES string of the molecule is CCCCCCNc1ccccc1CSC(N)CCCN.Cl. The van der Waals surface area contributed by atoms with Crippen molar-refractivity contribution in [2.45, 2.75) is 56.6 Å². The first-order chi connectivity index (χ1) is 10.3. The van der Waals surface area contributed by atoms with Crippen molar-refractivity contribution in [1.29, 1.82) is 0 Å². The van der Waals surface area contributed by atoms with Crippen LogP contribution in [-0.2, 0) is 5.75 Å². The lowest BCUT2D eigenvalue weighted by molar-refractivity contribution is 0.685. The molecule has 128 valence electrons. The van der Waals surface area contributed by atoms with Crippen molar-refractivity contribution in [3.05, 3.63) is 29.8 Å². The predicted molar refractivity (Wildman–Crippen MR) is 104 cm³/mol. The molecule has 3 nitrogen and oxygen atoms in total. The molecule has 0 aliphatic carbocycles. The highest BCUT2D eigenvalue weighted by Crippen LogP contribution is 2.23. The summed E-state index contributed by atoms with van der Waals surface area (Å²) in [6, 6.07) is 8.55. The van der Waals surface area contributed by atoms with Gasteiger partial charge < -0.3 is 16.8 Å². The molecule has 0 heterocycles. The molecule has 22 heavy (non-hydrogen) atoms. The maximum atomic E-state index is 6.10. The van der Waals surface area contributed by atoms with Crippen LogP contribution in [0.25, 0.3) is 0 Å². The highest BCUT2D eigenvalue weighted by Gasteiger charge is 2.06. The van der Waals surface area contributed by atoms with Crippen molar-refractivity contribution in [3.8, 4) is 0 Å². The van der Waals surface area contributed by atoms with E-state index < -0.39 is 0 Å². The zero-order chi connectivity index (χ0) is 15.3. The number of unbranched alkanes of at least 4 members (excludes halogenated alkanes) is 3. The summed E-state index contributed by atoms with van der Waals surface area (Å²) in [6.07, 6.45) is 7.16. The number of thioether (sulfide) groups is 1. The molecule has 1 atom stereocenters. The number of nitrogens with two attached hydrogens (primary N) is 2. The largest absolute Gasteiger partial charge is 0.385 e. The molecule has 0 aliphatic rings. The third-order valence-electron chi connectivity index (χ3n) is 3.51. The molecule has 1 aromatic carbocycles. The Labute approximate surface area is 146 Å². The molecule has 0 aliphatic heterocycles. The highest BCUT2D eigenvalue weighted by molar-refractivity contribution is 7.99. The topological polar surface area (TPSA) is 64.1 Å². The molecule has 0 fully saturated rings. The standard InChI is InChI=1S/C17H31N3S.ClH/c1-2-3-4-7-13-20-16-10-6-5-9-15(16)14-21-17(19)11-8-12-18;/h5-6,9-10,17,20H,2-4,7-8,11-14,18-19H2,1H3;1H. The zero-order valence-corrected chi connectivity index (χ0v) is 15.4. The molecule has 0 spiro atoms. The van der Waals surface area contributed by atoms with Crippen LogP contribution in [0.2, 0.25) is 0 Å². The third kappa shape index (κ3) is 9.57. The predicted octanol–water partition coefficient (Wildman–Crippen LogP) is 4.36. The molecule has 0 aromatic heterocycles. The fourth-order valence-corrected chi connectivity index (χ4v) is 3.17. The second-order valence-corrected chi connectivity index (χ2v) is 6.65. The first kappa shape index (κ1) is 21.6. The maximum Gasteiger partial charge on any atom is 0.0510 e. The normalized spacial score (nSPS) is 11.8. The summed E-state index contributed by atoms with van der Waals surface area (Å²) in [4.78, 5) is 0. The number of nitrogens with one attached hydrogen (secondary N) is 1. The third-order valence-corrected chi connectivity index (χ3v) is 4.65. The van der Waals surface area contributed by atoms with E-state index in [9.17, 15) is 0 Å². The Bertz CT molecular complexity index is 377. The number of para-hydroxylation sites is 1. The van der Waals surface area contributed by atoms with Crippen LogP contribution in [0.15, 0.2) is 24.3 Å². The Balaban J connectivity index is 0.00000441. The van der Waals surface area contributed by atoms with Gasteiger partial charge in [-0.25, -0.2) is 0 Å². The van der Waals surface area contributed by atoms with Crippen LogP contribution >= 0.6 is 24.2 Å². The number of hydrogen-bond donors (Lipinski definition) is 3. The van der Waals surface area contributed by atoms with Crippen molar-refractivity contribution in [3.63, 3.8) is 0 Å². The average Bonchev–Trinajstić information content (AvgIpc) is 2.51. The molecular formula is C17H32ClN3S. The Morgan fingerprint density at radius 2 is 1.91 bits per heavy atom. The fraction of sp³-hybridized carbons (Fsp3) is 0.647.